The third kappa shape index (κ3) is 2.48. The van der Waals surface area contributed by atoms with E-state index in [1.54, 1.807) is 12.1 Å². The molecule has 102 valence electrons. The van der Waals surface area contributed by atoms with Crippen LogP contribution in [0.25, 0.3) is 0 Å². The number of carbonyl (C=O) groups excluding carboxylic acids is 1. The zero-order chi connectivity index (χ0) is 13.4. The number of carbonyl (C=O) groups is 1. The maximum absolute atomic E-state index is 11.5. The molecule has 0 radical (unpaired) electrons. The van der Waals surface area contributed by atoms with E-state index in [1.165, 1.54) is 0 Å². The Kier molecular flexibility index (Phi) is 3.47. The van der Waals surface area contributed by atoms with Gasteiger partial charge in [-0.05, 0) is 18.2 Å². The van der Waals surface area contributed by atoms with Gasteiger partial charge in [0.25, 0.3) is 5.91 Å². The first kappa shape index (κ1) is 12.9. The van der Waals surface area contributed by atoms with Crippen LogP contribution in [0.1, 0.15) is 10.4 Å². The summed E-state index contributed by atoms with van der Waals surface area (Å²) in [6, 6.07) is 5.29. The van der Waals surface area contributed by atoms with Crippen LogP contribution in [0.2, 0.25) is 0 Å². The molecule has 3 N–H and O–H groups in total. The minimum Gasteiger partial charge on any atom is -0.486 e. The van der Waals surface area contributed by atoms with E-state index >= 15 is 0 Å². The van der Waals surface area contributed by atoms with Crippen molar-refractivity contribution in [2.75, 3.05) is 19.7 Å². The summed E-state index contributed by atoms with van der Waals surface area (Å²) >= 11 is 3.33. The van der Waals surface area contributed by atoms with Crippen molar-refractivity contribution in [2.24, 2.45) is 11.7 Å². The normalized spacial score (nSPS) is 29.2. The van der Waals surface area contributed by atoms with E-state index in [1.807, 2.05) is 6.07 Å². The number of amides is 1. The summed E-state index contributed by atoms with van der Waals surface area (Å²) in [5.74, 6) is 0.365. The Morgan fingerprint density at radius 2 is 2.32 bits per heavy atom. The number of primary amides is 1. The fourth-order valence-electron chi connectivity index (χ4n) is 2.62. The number of halogens is 1. The minimum atomic E-state index is -0.488. The van der Waals surface area contributed by atoms with Crippen LogP contribution in [0.15, 0.2) is 22.7 Å². The molecule has 3 rings (SSSR count). The van der Waals surface area contributed by atoms with Crippen LogP contribution in [-0.4, -0.2) is 37.8 Å². The van der Waals surface area contributed by atoms with Gasteiger partial charge in [0.15, 0.2) is 0 Å². The molecule has 0 spiro atoms. The van der Waals surface area contributed by atoms with Crippen molar-refractivity contribution >= 4 is 21.8 Å². The SMILES string of the molecule is NC(=O)c1cc(Br)ccc1OC1[C@H]2CNC[C@@H]1OC2. The number of ether oxygens (including phenoxy) is 2. The topological polar surface area (TPSA) is 73.6 Å². The summed E-state index contributed by atoms with van der Waals surface area (Å²) < 4.78 is 12.5. The molecule has 1 amide bonds. The number of nitrogens with one attached hydrogen (secondary N) is 1. The molecule has 1 aromatic carbocycles. The molecule has 6 heteroatoms. The van der Waals surface area contributed by atoms with E-state index in [0.29, 0.717) is 23.8 Å². The van der Waals surface area contributed by atoms with E-state index in [2.05, 4.69) is 21.2 Å². The third-order valence-electron chi connectivity index (χ3n) is 3.58. The zero-order valence-electron chi connectivity index (χ0n) is 10.3. The predicted molar refractivity (Wildman–Crippen MR) is 73.2 cm³/mol. The average Bonchev–Trinajstić information content (AvgIpc) is 2.62. The molecule has 1 unspecified atom stereocenters. The van der Waals surface area contributed by atoms with Gasteiger partial charge in [0.05, 0.1) is 12.2 Å². The van der Waals surface area contributed by atoms with E-state index in [0.717, 1.165) is 17.6 Å². The average molecular weight is 327 g/mol. The lowest BCUT2D eigenvalue weighted by molar-refractivity contribution is 0.0435. The van der Waals surface area contributed by atoms with Gasteiger partial charge >= 0.3 is 0 Å². The Balaban J connectivity index is 1.85. The minimum absolute atomic E-state index is 0.0134. The lowest BCUT2D eigenvalue weighted by Crippen LogP contribution is -2.48. The molecule has 19 heavy (non-hydrogen) atoms. The standard InChI is InChI=1S/C13H15BrN2O3/c14-8-1-2-10(9(3-8)13(15)17)19-12-7-4-16-5-11(12)18-6-7/h1-3,7,11-12,16H,4-6H2,(H2,15,17)/t7-,11-,12?/m0/s1. The lowest BCUT2D eigenvalue weighted by atomic mass is 9.98. The highest BCUT2D eigenvalue weighted by Crippen LogP contribution is 2.31. The third-order valence-corrected chi connectivity index (χ3v) is 4.07. The summed E-state index contributed by atoms with van der Waals surface area (Å²) in [6.45, 7) is 2.36. The summed E-state index contributed by atoms with van der Waals surface area (Å²) in [7, 11) is 0. The van der Waals surface area contributed by atoms with Crippen LogP contribution in [0.5, 0.6) is 5.75 Å². The van der Waals surface area contributed by atoms with E-state index in [9.17, 15) is 4.79 Å². The predicted octanol–water partition coefficient (Wildman–Crippen LogP) is 0.914. The molecule has 2 aliphatic heterocycles. The van der Waals surface area contributed by atoms with Gasteiger partial charge in [-0.2, -0.15) is 0 Å². The van der Waals surface area contributed by atoms with Crippen molar-refractivity contribution in [3.63, 3.8) is 0 Å². The van der Waals surface area contributed by atoms with Crippen LogP contribution < -0.4 is 15.8 Å². The molecule has 2 saturated heterocycles. The van der Waals surface area contributed by atoms with Crippen molar-refractivity contribution in [3.8, 4) is 5.75 Å². The van der Waals surface area contributed by atoms with E-state index in [4.69, 9.17) is 15.2 Å². The van der Waals surface area contributed by atoms with Crippen LogP contribution in [0.4, 0.5) is 0 Å². The van der Waals surface area contributed by atoms with Gasteiger partial charge in [-0.1, -0.05) is 15.9 Å². The number of benzene rings is 1. The lowest BCUT2D eigenvalue weighted by Gasteiger charge is -2.29. The highest BCUT2D eigenvalue weighted by Gasteiger charge is 2.42. The Bertz CT molecular complexity index is 493. The molecular formula is C13H15BrN2O3. The molecule has 5 nitrogen and oxygen atoms in total. The van der Waals surface area contributed by atoms with Gasteiger partial charge < -0.3 is 20.5 Å². The quantitative estimate of drug-likeness (QED) is 0.866. The second-order valence-electron chi connectivity index (χ2n) is 4.88. The first-order chi connectivity index (χ1) is 9.15. The van der Waals surface area contributed by atoms with Gasteiger partial charge in [0.1, 0.15) is 18.0 Å². The molecule has 2 fully saturated rings. The summed E-state index contributed by atoms with van der Waals surface area (Å²) in [6.07, 6.45) is 0.0312. The fourth-order valence-corrected chi connectivity index (χ4v) is 2.98. The number of hydrogen-bond acceptors (Lipinski definition) is 4. The Morgan fingerprint density at radius 1 is 1.47 bits per heavy atom. The first-order valence-corrected chi connectivity index (χ1v) is 7.03. The number of fused-ring (bicyclic) bond motifs is 2. The van der Waals surface area contributed by atoms with Gasteiger partial charge in [-0.3, -0.25) is 4.79 Å². The summed E-state index contributed by atoms with van der Waals surface area (Å²) in [5.41, 5.74) is 5.79. The molecule has 1 aromatic rings. The largest absolute Gasteiger partial charge is 0.486 e. The smallest absolute Gasteiger partial charge is 0.252 e. The van der Waals surface area contributed by atoms with Crippen molar-refractivity contribution in [3.05, 3.63) is 28.2 Å². The number of piperidine rings is 1. The Morgan fingerprint density at radius 3 is 3.05 bits per heavy atom. The van der Waals surface area contributed by atoms with Gasteiger partial charge in [-0.25, -0.2) is 0 Å². The Labute approximate surface area is 119 Å². The molecule has 2 heterocycles. The molecule has 0 aromatic heterocycles. The second kappa shape index (κ2) is 5.11. The van der Waals surface area contributed by atoms with Crippen molar-refractivity contribution in [1.29, 1.82) is 0 Å². The summed E-state index contributed by atoms with van der Waals surface area (Å²) in [5, 5.41) is 3.30. The molecule has 2 aliphatic rings. The maximum atomic E-state index is 11.5. The highest BCUT2D eigenvalue weighted by atomic mass is 79.9. The van der Waals surface area contributed by atoms with Gasteiger partial charge in [-0.15, -0.1) is 0 Å². The van der Waals surface area contributed by atoms with Crippen LogP contribution >= 0.6 is 15.9 Å². The highest BCUT2D eigenvalue weighted by molar-refractivity contribution is 9.10. The van der Waals surface area contributed by atoms with Crippen molar-refractivity contribution < 1.29 is 14.3 Å². The first-order valence-electron chi connectivity index (χ1n) is 6.23. The van der Waals surface area contributed by atoms with Crippen LogP contribution in [-0.2, 0) is 4.74 Å². The van der Waals surface area contributed by atoms with Gasteiger partial charge in [0.2, 0.25) is 0 Å². The monoisotopic (exact) mass is 326 g/mol. The molecule has 0 saturated carbocycles. The van der Waals surface area contributed by atoms with E-state index < -0.39 is 5.91 Å². The number of hydrogen-bond donors (Lipinski definition) is 2. The Hall–Kier alpha value is -1.11. The zero-order valence-corrected chi connectivity index (χ0v) is 11.9. The van der Waals surface area contributed by atoms with Gasteiger partial charge in [0, 0.05) is 23.5 Å². The second-order valence-corrected chi connectivity index (χ2v) is 5.79. The van der Waals surface area contributed by atoms with Crippen LogP contribution in [0, 0.1) is 5.92 Å². The molecule has 3 atom stereocenters. The number of nitrogens with two attached hydrogens (primary N) is 1. The molecular weight excluding hydrogens is 312 g/mol. The van der Waals surface area contributed by atoms with Crippen molar-refractivity contribution in [2.45, 2.75) is 12.2 Å². The summed E-state index contributed by atoms with van der Waals surface area (Å²) in [4.78, 5) is 11.5. The number of rotatable bonds is 3. The maximum Gasteiger partial charge on any atom is 0.252 e. The van der Waals surface area contributed by atoms with E-state index in [-0.39, 0.29) is 12.2 Å². The van der Waals surface area contributed by atoms with Crippen LogP contribution in [0.3, 0.4) is 0 Å². The fraction of sp³-hybridized carbons (Fsp3) is 0.462. The van der Waals surface area contributed by atoms with Crippen molar-refractivity contribution in [1.82, 2.24) is 5.32 Å². The molecule has 0 aliphatic carbocycles. The molecule has 2 bridgehead atoms.